The molecule has 2 atom stereocenters. The molecule has 3 aliphatic rings. The summed E-state index contributed by atoms with van der Waals surface area (Å²) in [6, 6.07) is 0.869. The van der Waals surface area contributed by atoms with Crippen molar-refractivity contribution < 1.29 is 22.8 Å². The minimum atomic E-state index is -2.40. The number of ether oxygens (including phenoxy) is 2. The number of hydrogen-bond acceptors (Lipinski definition) is 5. The Morgan fingerprint density at radius 1 is 1.06 bits per heavy atom. The lowest BCUT2D eigenvalue weighted by Gasteiger charge is -2.26. The van der Waals surface area contributed by atoms with Gasteiger partial charge in [0.25, 0.3) is 0 Å². The second-order valence-electron chi connectivity index (χ2n) is 5.11. The van der Waals surface area contributed by atoms with Crippen LogP contribution in [-0.4, -0.2) is 48.1 Å². The van der Waals surface area contributed by atoms with E-state index in [1.807, 2.05) is 0 Å². The van der Waals surface area contributed by atoms with Crippen molar-refractivity contribution in [2.24, 2.45) is 5.92 Å². The molecule has 1 spiro atoms. The van der Waals surface area contributed by atoms with Crippen molar-refractivity contribution in [3.8, 4) is 0 Å². The van der Waals surface area contributed by atoms with E-state index in [1.54, 1.807) is 21.3 Å². The summed E-state index contributed by atoms with van der Waals surface area (Å²) < 4.78 is 27.4. The Kier molecular flexibility index (Phi) is 2.85. The summed E-state index contributed by atoms with van der Waals surface area (Å²) in [5, 5.41) is 0. The second kappa shape index (κ2) is 4.01. The van der Waals surface area contributed by atoms with Gasteiger partial charge in [-0.25, -0.2) is 0 Å². The zero-order chi connectivity index (χ0) is 12.1. The van der Waals surface area contributed by atoms with Gasteiger partial charge in [0.1, 0.15) is 12.2 Å². The predicted octanol–water partition coefficient (Wildman–Crippen LogP) is 1.16. The molecule has 1 aliphatic carbocycles. The normalized spacial score (nSPS) is 42.9. The minimum Gasteiger partial charge on any atom is -0.377 e. The first-order chi connectivity index (χ1) is 8.18. The maximum Gasteiger partial charge on any atom is 0.500 e. The molecule has 2 heterocycles. The van der Waals surface area contributed by atoms with Crippen molar-refractivity contribution in [1.82, 2.24) is 0 Å². The van der Waals surface area contributed by atoms with E-state index in [9.17, 15) is 0 Å². The summed E-state index contributed by atoms with van der Waals surface area (Å²) >= 11 is 0. The van der Waals surface area contributed by atoms with Crippen LogP contribution in [0.5, 0.6) is 0 Å². The third-order valence-corrected chi connectivity index (χ3v) is 7.09. The molecule has 3 rings (SSSR count). The molecule has 2 aliphatic heterocycles. The molecule has 0 aromatic carbocycles. The Morgan fingerprint density at radius 3 is 2.06 bits per heavy atom. The van der Waals surface area contributed by atoms with Gasteiger partial charge in [0.2, 0.25) is 5.79 Å². The highest BCUT2D eigenvalue weighted by molar-refractivity contribution is 6.60. The maximum atomic E-state index is 5.58. The molecule has 0 radical (unpaired) electrons. The molecule has 0 amide bonds. The molecule has 98 valence electrons. The van der Waals surface area contributed by atoms with E-state index in [-0.39, 0.29) is 5.79 Å². The zero-order valence-electron chi connectivity index (χ0n) is 10.6. The van der Waals surface area contributed by atoms with Crippen LogP contribution in [0, 0.1) is 5.92 Å². The predicted molar refractivity (Wildman–Crippen MR) is 61.4 cm³/mol. The summed E-state index contributed by atoms with van der Waals surface area (Å²) in [4.78, 5) is 0. The molecule has 0 N–H and O–H groups in total. The fourth-order valence-electron chi connectivity index (χ4n) is 3.06. The van der Waals surface area contributed by atoms with Crippen LogP contribution in [0.25, 0.3) is 0 Å². The average molecular weight is 260 g/mol. The van der Waals surface area contributed by atoms with Gasteiger partial charge in [-0.3, -0.25) is 0 Å². The van der Waals surface area contributed by atoms with Crippen molar-refractivity contribution in [3.05, 3.63) is 0 Å². The summed E-state index contributed by atoms with van der Waals surface area (Å²) in [6.07, 6.45) is 4.00. The third-order valence-electron chi connectivity index (χ3n) is 4.32. The van der Waals surface area contributed by atoms with Crippen LogP contribution in [0.4, 0.5) is 0 Å². The van der Waals surface area contributed by atoms with Gasteiger partial charge < -0.3 is 22.8 Å². The van der Waals surface area contributed by atoms with Gasteiger partial charge in [0.05, 0.1) is 0 Å². The van der Waals surface area contributed by atoms with Gasteiger partial charge in [-0.2, -0.15) is 0 Å². The van der Waals surface area contributed by atoms with Crippen LogP contribution in [0.3, 0.4) is 0 Å². The van der Waals surface area contributed by atoms with Crippen molar-refractivity contribution in [2.75, 3.05) is 21.3 Å². The van der Waals surface area contributed by atoms with E-state index < -0.39 is 8.80 Å². The molecule has 17 heavy (non-hydrogen) atoms. The molecule has 1 saturated carbocycles. The molecule has 0 bridgehead atoms. The summed E-state index contributed by atoms with van der Waals surface area (Å²) in [5.41, 5.74) is 0. The van der Waals surface area contributed by atoms with E-state index in [2.05, 4.69) is 0 Å². The van der Waals surface area contributed by atoms with Crippen LogP contribution in [0.1, 0.15) is 19.3 Å². The highest BCUT2D eigenvalue weighted by Crippen LogP contribution is 2.63. The molecular formula is C11H20O5Si. The second-order valence-corrected chi connectivity index (χ2v) is 8.20. The third kappa shape index (κ3) is 1.87. The fraction of sp³-hybridized carbons (Fsp3) is 1.00. The smallest absolute Gasteiger partial charge is 0.377 e. The Bertz CT molecular complexity index is 280. The Labute approximate surface area is 103 Å². The monoisotopic (exact) mass is 260 g/mol. The van der Waals surface area contributed by atoms with Crippen LogP contribution in [-0.2, 0) is 22.8 Å². The van der Waals surface area contributed by atoms with Gasteiger partial charge >= 0.3 is 8.80 Å². The van der Waals surface area contributed by atoms with Crippen molar-refractivity contribution in [3.63, 3.8) is 0 Å². The topological polar surface area (TPSA) is 52.8 Å². The lowest BCUT2D eigenvalue weighted by atomic mass is 9.87. The molecule has 2 unspecified atom stereocenters. The zero-order valence-corrected chi connectivity index (χ0v) is 11.6. The first-order valence-electron chi connectivity index (χ1n) is 6.19. The highest BCUT2D eigenvalue weighted by atomic mass is 28.4. The quantitative estimate of drug-likeness (QED) is 0.530. The SMILES string of the molecule is CO[Si](CCC1CC2OC23OC3C1)(OC)OC. The summed E-state index contributed by atoms with van der Waals surface area (Å²) in [7, 11) is 2.60. The van der Waals surface area contributed by atoms with E-state index >= 15 is 0 Å². The summed E-state index contributed by atoms with van der Waals surface area (Å²) in [6.45, 7) is 0. The Balaban J connectivity index is 1.50. The lowest BCUT2D eigenvalue weighted by Crippen LogP contribution is -2.43. The molecule has 2 saturated heterocycles. The first kappa shape index (κ1) is 12.1. The van der Waals surface area contributed by atoms with Crippen molar-refractivity contribution >= 4 is 8.80 Å². The van der Waals surface area contributed by atoms with Gasteiger partial charge in [-0.05, 0) is 25.2 Å². The number of hydrogen-bond donors (Lipinski definition) is 0. The van der Waals surface area contributed by atoms with Crippen molar-refractivity contribution in [2.45, 2.75) is 43.3 Å². The lowest BCUT2D eigenvalue weighted by molar-refractivity contribution is 0.120. The minimum absolute atomic E-state index is 0.116. The number of epoxide rings is 2. The van der Waals surface area contributed by atoms with Gasteiger partial charge in [-0.1, -0.05) is 0 Å². The van der Waals surface area contributed by atoms with Crippen LogP contribution in [0.2, 0.25) is 6.04 Å². The standard InChI is InChI=1S/C11H20O5Si/c1-12-17(13-2,14-3)5-4-8-6-9-11(15-9)10(7-8)16-11/h8-10H,4-7H2,1-3H3. The molecule has 6 heteroatoms. The molecule has 0 aromatic rings. The van der Waals surface area contributed by atoms with Crippen molar-refractivity contribution in [1.29, 1.82) is 0 Å². The Hall–Kier alpha value is 0.0169. The molecular weight excluding hydrogens is 240 g/mol. The van der Waals surface area contributed by atoms with Crippen LogP contribution in [0.15, 0.2) is 0 Å². The van der Waals surface area contributed by atoms with Gasteiger partial charge in [-0.15, -0.1) is 0 Å². The average Bonchev–Trinajstić information content (AvgIpc) is 3.21. The van der Waals surface area contributed by atoms with Crippen LogP contribution < -0.4 is 0 Å². The molecule has 3 fully saturated rings. The van der Waals surface area contributed by atoms with E-state index in [1.165, 1.54) is 0 Å². The van der Waals surface area contributed by atoms with E-state index in [4.69, 9.17) is 22.8 Å². The van der Waals surface area contributed by atoms with E-state index in [0.717, 1.165) is 25.3 Å². The fourth-order valence-corrected chi connectivity index (χ4v) is 4.94. The highest BCUT2D eigenvalue weighted by Gasteiger charge is 2.78. The van der Waals surface area contributed by atoms with Gasteiger partial charge in [0.15, 0.2) is 0 Å². The number of rotatable bonds is 6. The van der Waals surface area contributed by atoms with Crippen LogP contribution >= 0.6 is 0 Å². The van der Waals surface area contributed by atoms with Gasteiger partial charge in [0, 0.05) is 27.4 Å². The summed E-state index contributed by atoms with van der Waals surface area (Å²) in [5.74, 6) is 0.532. The molecule has 5 nitrogen and oxygen atoms in total. The molecule has 0 aromatic heterocycles. The Morgan fingerprint density at radius 2 is 1.59 bits per heavy atom. The maximum absolute atomic E-state index is 5.58. The first-order valence-corrected chi connectivity index (χ1v) is 8.12. The largest absolute Gasteiger partial charge is 0.500 e. The van der Waals surface area contributed by atoms with E-state index in [0.29, 0.717) is 18.1 Å².